The molecule has 34 heavy (non-hydrogen) atoms. The van der Waals surface area contributed by atoms with Gasteiger partial charge >= 0.3 is 0 Å². The molecule has 0 atom stereocenters. The predicted molar refractivity (Wildman–Crippen MR) is 130 cm³/mol. The third-order valence-corrected chi connectivity index (χ3v) is 5.87. The van der Waals surface area contributed by atoms with E-state index in [0.717, 1.165) is 48.6 Å². The number of carbonyl (C=O) groups excluding carboxylic acids is 1. The Balaban J connectivity index is 1.55. The minimum absolute atomic E-state index is 0.0914. The first-order valence-corrected chi connectivity index (χ1v) is 11.5. The Kier molecular flexibility index (Phi) is 6.61. The Morgan fingerprint density at radius 3 is 2.56 bits per heavy atom. The van der Waals surface area contributed by atoms with E-state index in [1.807, 2.05) is 36.2 Å². The van der Waals surface area contributed by atoms with Crippen LogP contribution in [0.1, 0.15) is 67.3 Å². The predicted octanol–water partition coefficient (Wildman–Crippen LogP) is 4.01. The van der Waals surface area contributed by atoms with Crippen LogP contribution in [0.4, 0.5) is 11.4 Å². The molecule has 0 radical (unpaired) electrons. The second kappa shape index (κ2) is 9.61. The standard InChI is InChI=1S/C25H30N8O/c1-17-23(33-16-22(29-31-33)24(34)30-32-8-6-5-7-9-32)13-21(15-27-17)28-20-11-18(14-26)10-19(12-20)25(2,3)4/h10-13,15-16,28H,5-9H2,1-4H3,(H,30,34). The van der Waals surface area contributed by atoms with E-state index in [-0.39, 0.29) is 17.0 Å². The van der Waals surface area contributed by atoms with Crippen molar-refractivity contribution in [3.8, 4) is 11.8 Å². The second-order valence-corrected chi connectivity index (χ2v) is 9.65. The Bertz CT molecular complexity index is 1230. The number of piperidine rings is 1. The fourth-order valence-electron chi connectivity index (χ4n) is 3.88. The number of pyridine rings is 1. The first kappa shape index (κ1) is 23.4. The molecule has 0 spiro atoms. The van der Waals surface area contributed by atoms with Crippen LogP contribution < -0.4 is 10.7 Å². The van der Waals surface area contributed by atoms with Gasteiger partial charge in [-0.15, -0.1) is 5.10 Å². The van der Waals surface area contributed by atoms with Crippen LogP contribution in [0.25, 0.3) is 5.69 Å². The lowest BCUT2D eigenvalue weighted by atomic mass is 9.86. The number of nitrogens with zero attached hydrogens (tertiary/aromatic N) is 6. The lowest BCUT2D eigenvalue weighted by Gasteiger charge is -2.26. The van der Waals surface area contributed by atoms with Crippen molar-refractivity contribution in [2.24, 2.45) is 0 Å². The van der Waals surface area contributed by atoms with Gasteiger partial charge in [0.1, 0.15) is 0 Å². The van der Waals surface area contributed by atoms with Crippen molar-refractivity contribution in [1.29, 1.82) is 5.26 Å². The molecule has 9 nitrogen and oxygen atoms in total. The summed E-state index contributed by atoms with van der Waals surface area (Å²) < 4.78 is 1.56. The maximum absolute atomic E-state index is 12.6. The van der Waals surface area contributed by atoms with E-state index in [9.17, 15) is 10.1 Å². The third-order valence-electron chi connectivity index (χ3n) is 5.87. The number of rotatable bonds is 5. The average molecular weight is 459 g/mol. The molecular weight excluding hydrogens is 428 g/mol. The van der Waals surface area contributed by atoms with Crippen LogP contribution in [-0.4, -0.2) is 44.0 Å². The molecule has 0 saturated carbocycles. The van der Waals surface area contributed by atoms with E-state index in [1.165, 1.54) is 6.42 Å². The molecule has 3 aromatic rings. The number of aromatic nitrogens is 4. The molecule has 1 saturated heterocycles. The number of anilines is 2. The molecule has 0 unspecified atom stereocenters. The van der Waals surface area contributed by atoms with Crippen molar-refractivity contribution < 1.29 is 4.79 Å². The maximum atomic E-state index is 12.6. The first-order valence-electron chi connectivity index (χ1n) is 11.5. The summed E-state index contributed by atoms with van der Waals surface area (Å²) in [5.74, 6) is -0.268. The number of carbonyl (C=O) groups is 1. The SMILES string of the molecule is Cc1ncc(Nc2cc(C#N)cc(C(C)(C)C)c2)cc1-n1cc(C(=O)NN2CCCCC2)nn1. The van der Waals surface area contributed by atoms with E-state index in [1.54, 1.807) is 17.1 Å². The highest BCUT2D eigenvalue weighted by Gasteiger charge is 2.18. The summed E-state index contributed by atoms with van der Waals surface area (Å²) in [5, 5.41) is 23.0. The number of nitrogens with one attached hydrogen (secondary N) is 2. The van der Waals surface area contributed by atoms with Crippen molar-refractivity contribution >= 4 is 17.3 Å². The fraction of sp³-hybridized carbons (Fsp3) is 0.400. The quantitative estimate of drug-likeness (QED) is 0.594. The monoisotopic (exact) mass is 458 g/mol. The normalized spacial score (nSPS) is 14.4. The van der Waals surface area contributed by atoms with E-state index in [0.29, 0.717) is 11.3 Å². The lowest BCUT2D eigenvalue weighted by Crippen LogP contribution is -2.45. The number of nitriles is 1. The minimum atomic E-state index is -0.268. The van der Waals surface area contributed by atoms with Crippen LogP contribution >= 0.6 is 0 Å². The van der Waals surface area contributed by atoms with E-state index in [4.69, 9.17) is 0 Å². The third kappa shape index (κ3) is 5.41. The molecule has 0 bridgehead atoms. The highest BCUT2D eigenvalue weighted by molar-refractivity contribution is 5.91. The van der Waals surface area contributed by atoms with E-state index < -0.39 is 0 Å². The van der Waals surface area contributed by atoms with Gasteiger partial charge in [-0.3, -0.25) is 15.2 Å². The van der Waals surface area contributed by atoms with Crippen molar-refractivity contribution in [3.05, 3.63) is 59.2 Å². The summed E-state index contributed by atoms with van der Waals surface area (Å²) in [4.78, 5) is 17.1. The van der Waals surface area contributed by atoms with Crippen LogP contribution in [0.5, 0.6) is 0 Å². The number of amides is 1. The summed E-state index contributed by atoms with van der Waals surface area (Å²) in [6.07, 6.45) is 6.69. The summed E-state index contributed by atoms with van der Waals surface area (Å²) in [6.45, 7) is 9.91. The molecule has 4 rings (SSSR count). The topological polar surface area (TPSA) is 112 Å². The number of benzene rings is 1. The van der Waals surface area contributed by atoms with E-state index in [2.05, 4.69) is 52.9 Å². The molecule has 0 aliphatic carbocycles. The van der Waals surface area contributed by atoms with Gasteiger partial charge in [-0.1, -0.05) is 32.4 Å². The fourth-order valence-corrected chi connectivity index (χ4v) is 3.88. The number of hydrazine groups is 1. The first-order chi connectivity index (χ1) is 16.2. The van der Waals surface area contributed by atoms with Gasteiger partial charge in [0.15, 0.2) is 5.69 Å². The van der Waals surface area contributed by atoms with Crippen molar-refractivity contribution in [2.45, 2.75) is 52.4 Å². The number of hydrogen-bond donors (Lipinski definition) is 2. The molecule has 2 N–H and O–H groups in total. The van der Waals surface area contributed by atoms with Crippen molar-refractivity contribution in [2.75, 3.05) is 18.4 Å². The second-order valence-electron chi connectivity index (χ2n) is 9.65. The Hall–Kier alpha value is -3.77. The van der Waals surface area contributed by atoms with Crippen LogP contribution in [-0.2, 0) is 5.41 Å². The molecule has 176 valence electrons. The zero-order chi connectivity index (χ0) is 24.3. The highest BCUT2D eigenvalue weighted by Crippen LogP contribution is 2.28. The van der Waals surface area contributed by atoms with Crippen LogP contribution in [0.2, 0.25) is 0 Å². The Morgan fingerprint density at radius 2 is 1.85 bits per heavy atom. The smallest absolute Gasteiger partial charge is 0.287 e. The summed E-state index contributed by atoms with van der Waals surface area (Å²) in [5.41, 5.74) is 7.73. The average Bonchev–Trinajstić information content (AvgIpc) is 3.30. The maximum Gasteiger partial charge on any atom is 0.287 e. The molecule has 3 heterocycles. The van der Waals surface area contributed by atoms with Crippen LogP contribution in [0, 0.1) is 18.3 Å². The lowest BCUT2D eigenvalue weighted by molar-refractivity contribution is 0.0744. The number of hydrogen-bond acceptors (Lipinski definition) is 7. The van der Waals surface area contributed by atoms with Crippen LogP contribution in [0.3, 0.4) is 0 Å². The molecule has 2 aromatic heterocycles. The van der Waals surface area contributed by atoms with Gasteiger partial charge in [0, 0.05) is 18.8 Å². The molecular formula is C25H30N8O. The van der Waals surface area contributed by atoms with Gasteiger partial charge in [0.25, 0.3) is 5.91 Å². The van der Waals surface area contributed by atoms with Gasteiger partial charge in [-0.2, -0.15) is 5.26 Å². The summed E-state index contributed by atoms with van der Waals surface area (Å²) >= 11 is 0. The van der Waals surface area contributed by atoms with Crippen molar-refractivity contribution in [1.82, 2.24) is 30.4 Å². The molecule has 1 aromatic carbocycles. The zero-order valence-electron chi connectivity index (χ0n) is 20.1. The molecule has 1 aliphatic rings. The Labute approximate surface area is 199 Å². The molecule has 1 amide bonds. The van der Waals surface area contributed by atoms with Gasteiger partial charge in [0.05, 0.1) is 41.1 Å². The zero-order valence-corrected chi connectivity index (χ0v) is 20.1. The summed E-state index contributed by atoms with van der Waals surface area (Å²) in [7, 11) is 0. The summed E-state index contributed by atoms with van der Waals surface area (Å²) in [6, 6.07) is 9.90. The van der Waals surface area contributed by atoms with Gasteiger partial charge < -0.3 is 5.32 Å². The van der Waals surface area contributed by atoms with Gasteiger partial charge in [-0.05, 0) is 55.0 Å². The molecule has 1 aliphatic heterocycles. The highest BCUT2D eigenvalue weighted by atomic mass is 16.2. The van der Waals surface area contributed by atoms with Crippen molar-refractivity contribution in [3.63, 3.8) is 0 Å². The Morgan fingerprint density at radius 1 is 1.09 bits per heavy atom. The van der Waals surface area contributed by atoms with Gasteiger partial charge in [0.2, 0.25) is 0 Å². The largest absolute Gasteiger partial charge is 0.354 e. The minimum Gasteiger partial charge on any atom is -0.354 e. The molecule has 9 heteroatoms. The van der Waals surface area contributed by atoms with E-state index >= 15 is 0 Å². The number of aryl methyl sites for hydroxylation is 1. The van der Waals surface area contributed by atoms with Crippen LogP contribution in [0.15, 0.2) is 36.7 Å². The van der Waals surface area contributed by atoms with Gasteiger partial charge in [-0.25, -0.2) is 9.69 Å². The molecule has 1 fully saturated rings.